The molecule has 5 nitrogen and oxygen atoms in total. The topological polar surface area (TPSA) is 78.6 Å². The average molecular weight is 303 g/mol. The minimum Gasteiger partial charge on any atom is -0.465 e. The van der Waals surface area contributed by atoms with Gasteiger partial charge >= 0.3 is 12.3 Å². The number of anilines is 3. The molecular weight excluding hydrogens is 287 g/mol. The van der Waals surface area contributed by atoms with Gasteiger partial charge < -0.3 is 15.7 Å². The van der Waals surface area contributed by atoms with E-state index in [1.165, 1.54) is 4.90 Å². The third-order valence-corrected chi connectivity index (χ3v) is 3.36. The van der Waals surface area contributed by atoms with Gasteiger partial charge in [0.15, 0.2) is 0 Å². The fourth-order valence-electron chi connectivity index (χ4n) is 2.16. The number of carboxylic acid groups (broad SMARTS) is 1. The van der Waals surface area contributed by atoms with Crippen LogP contribution >= 0.6 is 0 Å². The summed E-state index contributed by atoms with van der Waals surface area (Å²) in [5.41, 5.74) is 4.26. The van der Waals surface area contributed by atoms with E-state index in [1.807, 2.05) is 5.32 Å². The van der Waals surface area contributed by atoms with Crippen LogP contribution in [0, 0.1) is 5.92 Å². The Bertz CT molecular complexity index is 556. The first-order valence-electron chi connectivity index (χ1n) is 6.40. The molecule has 0 saturated heterocycles. The van der Waals surface area contributed by atoms with Crippen LogP contribution in [0.2, 0.25) is 0 Å². The Labute approximate surface area is 119 Å². The van der Waals surface area contributed by atoms with Gasteiger partial charge in [-0.1, -0.05) is 0 Å². The molecule has 1 amide bonds. The van der Waals surface area contributed by atoms with Crippen LogP contribution in [0.1, 0.15) is 18.4 Å². The molecule has 116 valence electrons. The Balaban J connectivity index is 2.42. The molecule has 0 atom stereocenters. The second-order valence-corrected chi connectivity index (χ2v) is 5.21. The quantitative estimate of drug-likeness (QED) is 0.746. The number of nitrogen functional groups attached to an aromatic ring is 1. The highest BCUT2D eigenvalue weighted by Crippen LogP contribution is 2.41. The first kappa shape index (κ1) is 15.3. The maximum atomic E-state index is 13.1. The highest BCUT2D eigenvalue weighted by Gasteiger charge is 2.36. The zero-order valence-corrected chi connectivity index (χ0v) is 11.4. The Morgan fingerprint density at radius 2 is 2.10 bits per heavy atom. The summed E-state index contributed by atoms with van der Waals surface area (Å²) in [5, 5.41) is 10.7. The smallest absolute Gasteiger partial charge is 0.418 e. The van der Waals surface area contributed by atoms with Crippen LogP contribution in [-0.4, -0.2) is 24.8 Å². The zero-order valence-electron chi connectivity index (χ0n) is 11.4. The number of amides is 1. The van der Waals surface area contributed by atoms with Crippen molar-refractivity contribution in [3.63, 3.8) is 0 Å². The van der Waals surface area contributed by atoms with Crippen molar-refractivity contribution in [3.05, 3.63) is 17.7 Å². The maximum Gasteiger partial charge on any atom is 0.418 e. The first-order valence-corrected chi connectivity index (χ1v) is 6.40. The van der Waals surface area contributed by atoms with Crippen LogP contribution in [0.25, 0.3) is 0 Å². The van der Waals surface area contributed by atoms with E-state index < -0.39 is 17.8 Å². The summed E-state index contributed by atoms with van der Waals surface area (Å²) in [6.07, 6.45) is -3.93. The van der Waals surface area contributed by atoms with E-state index in [9.17, 15) is 18.0 Å². The SMILES string of the molecule is CN(CC1CC1)c1cc(NC(=O)O)c(N)cc1C(F)(F)F. The largest absolute Gasteiger partial charge is 0.465 e. The number of nitrogens with two attached hydrogens (primary N) is 1. The molecule has 1 aliphatic carbocycles. The highest BCUT2D eigenvalue weighted by molar-refractivity contribution is 5.89. The number of halogens is 3. The summed E-state index contributed by atoms with van der Waals surface area (Å²) >= 11 is 0. The van der Waals surface area contributed by atoms with E-state index in [1.54, 1.807) is 7.05 Å². The van der Waals surface area contributed by atoms with Crippen LogP contribution < -0.4 is 16.0 Å². The summed E-state index contributed by atoms with van der Waals surface area (Å²) in [6.45, 7) is 0.500. The highest BCUT2D eigenvalue weighted by atomic mass is 19.4. The molecule has 21 heavy (non-hydrogen) atoms. The number of hydrogen-bond acceptors (Lipinski definition) is 3. The van der Waals surface area contributed by atoms with E-state index in [4.69, 9.17) is 10.8 Å². The van der Waals surface area contributed by atoms with Crippen molar-refractivity contribution in [2.45, 2.75) is 19.0 Å². The van der Waals surface area contributed by atoms with Crippen molar-refractivity contribution in [1.29, 1.82) is 0 Å². The van der Waals surface area contributed by atoms with Crippen molar-refractivity contribution in [2.75, 3.05) is 29.5 Å². The van der Waals surface area contributed by atoms with Gasteiger partial charge in [-0.3, -0.25) is 5.32 Å². The Morgan fingerprint density at radius 3 is 2.57 bits per heavy atom. The van der Waals surface area contributed by atoms with Crippen LogP contribution in [0.4, 0.5) is 35.0 Å². The van der Waals surface area contributed by atoms with Gasteiger partial charge in [-0.15, -0.1) is 0 Å². The second-order valence-electron chi connectivity index (χ2n) is 5.21. The monoisotopic (exact) mass is 303 g/mol. The van der Waals surface area contributed by atoms with Crippen molar-refractivity contribution in [1.82, 2.24) is 0 Å². The second kappa shape index (κ2) is 5.34. The number of benzene rings is 1. The summed E-state index contributed by atoms with van der Waals surface area (Å²) in [7, 11) is 1.56. The van der Waals surface area contributed by atoms with Gasteiger partial charge in [0.1, 0.15) is 0 Å². The van der Waals surface area contributed by atoms with Gasteiger partial charge in [0.05, 0.1) is 22.6 Å². The lowest BCUT2D eigenvalue weighted by Gasteiger charge is -2.25. The standard InChI is InChI=1S/C13H16F3N3O2/c1-19(6-7-2-3-7)11-5-10(18-12(20)21)9(17)4-8(11)13(14,15)16/h4-5,7,18H,2-3,6,17H2,1H3,(H,20,21). The molecule has 0 spiro atoms. The molecular formula is C13H16F3N3O2. The van der Waals surface area contributed by atoms with Crippen molar-refractivity contribution < 1.29 is 23.1 Å². The molecule has 1 aromatic carbocycles. The molecule has 0 heterocycles. The van der Waals surface area contributed by atoms with E-state index in [0.29, 0.717) is 12.5 Å². The van der Waals surface area contributed by atoms with Crippen LogP contribution in [0.5, 0.6) is 0 Å². The van der Waals surface area contributed by atoms with Crippen LogP contribution in [0.15, 0.2) is 12.1 Å². The Kier molecular flexibility index (Phi) is 3.89. The minimum absolute atomic E-state index is 0.0480. The third kappa shape index (κ3) is 3.71. The van der Waals surface area contributed by atoms with Crippen LogP contribution in [-0.2, 0) is 6.18 Å². The average Bonchev–Trinajstić information content (AvgIpc) is 3.13. The number of carbonyl (C=O) groups is 1. The third-order valence-electron chi connectivity index (χ3n) is 3.36. The molecule has 1 aromatic rings. The van der Waals surface area contributed by atoms with E-state index in [2.05, 4.69) is 0 Å². The lowest BCUT2D eigenvalue weighted by atomic mass is 10.1. The lowest BCUT2D eigenvalue weighted by Crippen LogP contribution is -2.24. The first-order chi connectivity index (χ1) is 9.68. The Hall–Kier alpha value is -2.12. The molecule has 0 bridgehead atoms. The summed E-state index contributed by atoms with van der Waals surface area (Å²) < 4.78 is 39.4. The summed E-state index contributed by atoms with van der Waals surface area (Å²) in [5.74, 6) is 0.393. The molecule has 1 saturated carbocycles. The van der Waals surface area contributed by atoms with Gasteiger partial charge in [0.25, 0.3) is 0 Å². The maximum absolute atomic E-state index is 13.1. The van der Waals surface area contributed by atoms with Gasteiger partial charge in [-0.05, 0) is 30.9 Å². The molecule has 0 aromatic heterocycles. The molecule has 0 radical (unpaired) electrons. The predicted octanol–water partition coefficient (Wildman–Crippen LogP) is 3.22. The van der Waals surface area contributed by atoms with Gasteiger partial charge in [-0.25, -0.2) is 4.79 Å². The van der Waals surface area contributed by atoms with Gasteiger partial charge in [0.2, 0.25) is 0 Å². The normalized spacial score (nSPS) is 14.9. The molecule has 0 aliphatic heterocycles. The van der Waals surface area contributed by atoms with E-state index >= 15 is 0 Å². The van der Waals surface area contributed by atoms with Gasteiger partial charge in [-0.2, -0.15) is 13.2 Å². The number of nitrogens with zero attached hydrogens (tertiary/aromatic N) is 1. The van der Waals surface area contributed by atoms with Crippen molar-refractivity contribution >= 4 is 23.2 Å². The van der Waals surface area contributed by atoms with Crippen molar-refractivity contribution in [2.24, 2.45) is 5.92 Å². The minimum atomic E-state index is -4.55. The van der Waals surface area contributed by atoms with Gasteiger partial charge in [0, 0.05) is 13.6 Å². The molecule has 1 aliphatic rings. The molecule has 1 fully saturated rings. The van der Waals surface area contributed by atoms with Crippen LogP contribution in [0.3, 0.4) is 0 Å². The molecule has 8 heteroatoms. The number of rotatable bonds is 4. The molecule has 2 rings (SSSR count). The van der Waals surface area contributed by atoms with E-state index in [0.717, 1.165) is 25.0 Å². The van der Waals surface area contributed by atoms with Crippen molar-refractivity contribution in [3.8, 4) is 0 Å². The van der Waals surface area contributed by atoms with E-state index in [-0.39, 0.29) is 17.1 Å². The number of hydrogen-bond donors (Lipinski definition) is 3. The fraction of sp³-hybridized carbons (Fsp3) is 0.462. The number of alkyl halides is 3. The lowest BCUT2D eigenvalue weighted by molar-refractivity contribution is -0.137. The molecule has 0 unspecified atom stereocenters. The predicted molar refractivity (Wildman–Crippen MR) is 73.5 cm³/mol. The summed E-state index contributed by atoms with van der Waals surface area (Å²) in [4.78, 5) is 12.2. The number of nitrogens with one attached hydrogen (secondary N) is 1. The zero-order chi connectivity index (χ0) is 15.8. The Morgan fingerprint density at radius 1 is 1.48 bits per heavy atom. The fourth-order valence-corrected chi connectivity index (χ4v) is 2.16. The molecule has 4 N–H and O–H groups in total. The summed E-state index contributed by atoms with van der Waals surface area (Å²) in [6, 6.07) is 1.90.